The average Bonchev–Trinajstić information content (AvgIpc) is 1.71. The standard InChI is InChI=1S/C32H26F4N4O6S.2C31H25F3N4O6S/c1-32(35,36)16-9-11-38-22(13-16)40(39-12-10-21(41)28(27(39)30(38)42)45-15-46-31(43)44-2)26-17-5-3-4-6-18(17)29-25(37-14-47-29)23-19(26)7-8-20(33)24(23)34;2*1-31(34)10-12-36-21(13-31)38(37-11-9-20(39)27(26(37)29(36)40)43-15-44-30(41)42-2)25-16-5-3-4-6-17(16)28-24(35-14-45-28)22-18(25)7-8-19(32)23(22)33/h3-8,10,12,14,16,22,26H,9,11,13,15H2,1-2H3;2*3-9,11,14,21,25H,10,12-13,15H2,1-2H3/t16?,22-,26-;21-,25-,31?;/m11./s1. The molecule has 5 unspecified atom stereocenters. The molecule has 21 rings (SSSR count). The van der Waals surface area contributed by atoms with E-state index in [-0.39, 0.29) is 115 Å². The van der Waals surface area contributed by atoms with Crippen LogP contribution in [0.1, 0.15) is 142 Å². The van der Waals surface area contributed by atoms with E-state index in [2.05, 4.69) is 29.2 Å². The number of pyridine rings is 3. The van der Waals surface area contributed by atoms with Gasteiger partial charge in [0, 0.05) is 91.9 Å². The fourth-order valence-electron chi connectivity index (χ4n) is 19.6. The lowest BCUT2D eigenvalue weighted by Gasteiger charge is -2.53. The second kappa shape index (κ2) is 35.6. The number of halogens is 10. The highest BCUT2D eigenvalue weighted by Gasteiger charge is 2.56. The Kier molecular flexibility index (Phi) is 23.8. The van der Waals surface area contributed by atoms with Gasteiger partial charge in [-0.15, -0.1) is 34.0 Å². The summed E-state index contributed by atoms with van der Waals surface area (Å²) < 4.78 is 202. The second-order valence-electron chi connectivity index (χ2n) is 33.7. The van der Waals surface area contributed by atoms with Crippen molar-refractivity contribution in [1.82, 2.24) is 43.7 Å². The van der Waals surface area contributed by atoms with Crippen LogP contribution < -0.4 is 45.5 Å². The quantitative estimate of drug-likeness (QED) is 0.0448. The van der Waals surface area contributed by atoms with Gasteiger partial charge in [0.25, 0.3) is 17.7 Å². The molecule has 0 radical (unpaired) electrons. The summed E-state index contributed by atoms with van der Waals surface area (Å²) in [7, 11) is 3.28. The third-order valence-corrected chi connectivity index (χ3v) is 28.3. The van der Waals surface area contributed by atoms with Crippen molar-refractivity contribution in [2.24, 2.45) is 5.92 Å². The van der Waals surface area contributed by atoms with Crippen molar-refractivity contribution in [3.8, 4) is 82.3 Å². The summed E-state index contributed by atoms with van der Waals surface area (Å²) >= 11 is 3.78. The molecule has 137 heavy (non-hydrogen) atoms. The largest absolute Gasteiger partial charge is 0.510 e. The van der Waals surface area contributed by atoms with Crippen LogP contribution >= 0.6 is 34.0 Å². The highest BCUT2D eigenvalue weighted by atomic mass is 32.1. The Bertz CT molecular complexity index is 6870. The molecule has 0 N–H and O–H groups in total. The number of hydrogen-bond donors (Lipinski definition) is 0. The van der Waals surface area contributed by atoms with Gasteiger partial charge in [0.15, 0.2) is 52.0 Å². The van der Waals surface area contributed by atoms with Crippen LogP contribution in [0, 0.1) is 40.8 Å². The number of amides is 3. The molecular weight excluding hydrogens is 1870 g/mol. The number of alkyl halides is 4. The molecule has 12 aromatic rings. The van der Waals surface area contributed by atoms with E-state index in [1.165, 1.54) is 119 Å². The molecule has 3 saturated heterocycles. The first-order chi connectivity index (χ1) is 65.7. The molecule has 3 fully saturated rings. The number of ether oxygens (including phenoxy) is 9. The van der Waals surface area contributed by atoms with E-state index >= 15 is 22.0 Å². The number of carbonyl (C=O) groups excluding carboxylic acids is 6. The van der Waals surface area contributed by atoms with Crippen molar-refractivity contribution < 1.29 is 115 Å². The lowest BCUT2D eigenvalue weighted by atomic mass is 9.86. The average molecular weight is 1950 g/mol. The van der Waals surface area contributed by atoms with E-state index in [1.54, 1.807) is 62.4 Å². The maximum absolute atomic E-state index is 15.9. The van der Waals surface area contributed by atoms with E-state index in [9.17, 15) is 65.1 Å². The molecule has 12 heterocycles. The van der Waals surface area contributed by atoms with E-state index < -0.39 is 185 Å². The molecule has 43 heteroatoms. The first-order valence-electron chi connectivity index (χ1n) is 42.6. The zero-order valence-corrected chi connectivity index (χ0v) is 75.3. The molecule has 30 nitrogen and oxygen atoms in total. The highest BCUT2D eigenvalue weighted by Crippen LogP contribution is 2.57. The molecule has 0 bridgehead atoms. The first-order valence-corrected chi connectivity index (χ1v) is 45.2. The molecule has 708 valence electrons. The topological polar surface area (TPSA) is 310 Å². The van der Waals surface area contributed by atoms with E-state index in [0.717, 1.165) is 64.7 Å². The van der Waals surface area contributed by atoms with Crippen LogP contribution in [0.4, 0.5) is 58.3 Å². The molecule has 3 aliphatic carbocycles. The SMILES string of the molecule is COC(=O)OCOc1c2n(ccc1=O)N(C1c3ccccc3-c3scnc3-c3c1ccc(F)c3F)C1CC(C)(F)CCN1C2=O.COC(=O)OCOc1c2n(ccc1=O)N([C@@H]1c3ccccc3-c3scnc3-c3c1ccc(F)c3F)[C@@H]1CC(C(C)(F)F)CCN1C2=O.COC(=O)OCOc1c2n(ccc1=O)N([C@@H]1c3ccccc3-c3scnc3-c3c1ccc(F)c3F)[C@@H]1CC(C)(F)CCN1C2=O. The molecule has 0 spiro atoms. The summed E-state index contributed by atoms with van der Waals surface area (Å²) in [5.41, 5.74) is 3.99. The lowest BCUT2D eigenvalue weighted by Crippen LogP contribution is -2.66. The van der Waals surface area contributed by atoms with Gasteiger partial charge in [-0.25, -0.2) is 73.2 Å². The van der Waals surface area contributed by atoms with Crippen molar-refractivity contribution in [2.45, 2.75) is 113 Å². The van der Waals surface area contributed by atoms with E-state index in [1.807, 2.05) is 36.4 Å². The third kappa shape index (κ3) is 15.8. The number of aromatic nitrogens is 6. The van der Waals surface area contributed by atoms with Crippen LogP contribution in [0.15, 0.2) is 177 Å². The Labute approximate surface area is 781 Å². The molecule has 6 aromatic carbocycles. The lowest BCUT2D eigenvalue weighted by molar-refractivity contribution is -0.0745. The van der Waals surface area contributed by atoms with Gasteiger partial charge in [-0.1, -0.05) is 91.0 Å². The summed E-state index contributed by atoms with van der Waals surface area (Å²) in [4.78, 5) is 136. The first kappa shape index (κ1) is 91.5. The van der Waals surface area contributed by atoms with Crippen molar-refractivity contribution in [2.75, 3.05) is 76.4 Å². The fourth-order valence-corrected chi connectivity index (χ4v) is 22.1. The van der Waals surface area contributed by atoms with E-state index in [0.29, 0.717) is 59.1 Å². The Morgan fingerprint density at radius 2 is 0.730 bits per heavy atom. The van der Waals surface area contributed by atoms with Crippen LogP contribution in [0.5, 0.6) is 17.2 Å². The van der Waals surface area contributed by atoms with Gasteiger partial charge in [-0.05, 0) is 115 Å². The molecular formula is C94H76F10N12O18S3. The number of methoxy groups -OCH3 is 3. The Hall–Kier alpha value is -14.6. The zero-order chi connectivity index (χ0) is 96.4. The summed E-state index contributed by atoms with van der Waals surface area (Å²) in [5.74, 6) is -13.9. The van der Waals surface area contributed by atoms with Crippen molar-refractivity contribution in [1.29, 1.82) is 0 Å². The number of rotatable bonds is 13. The number of fused-ring (bicyclic) bond motifs is 21. The fraction of sp³-hybridized carbons (Fsp3) is 0.298. The van der Waals surface area contributed by atoms with Gasteiger partial charge < -0.3 is 57.3 Å². The minimum atomic E-state index is -3.09. The van der Waals surface area contributed by atoms with Crippen molar-refractivity contribution >= 4 is 70.2 Å². The summed E-state index contributed by atoms with van der Waals surface area (Å²) in [6.07, 6.45) is -2.42. The maximum Gasteiger partial charge on any atom is 0.510 e. The smallest absolute Gasteiger partial charge is 0.451 e. The number of nitrogens with zero attached hydrogens (tertiary/aromatic N) is 12. The highest BCUT2D eigenvalue weighted by molar-refractivity contribution is 7.14. The van der Waals surface area contributed by atoms with Crippen LogP contribution in [-0.4, -0.2) is 177 Å². The van der Waals surface area contributed by atoms with Crippen molar-refractivity contribution in [3.05, 3.63) is 279 Å². The van der Waals surface area contributed by atoms with E-state index in [4.69, 9.17) is 28.4 Å². The summed E-state index contributed by atoms with van der Waals surface area (Å²) in [6, 6.07) is 29.7. The predicted molar refractivity (Wildman–Crippen MR) is 473 cm³/mol. The normalized spacial score (nSPS) is 20.9. The number of benzene rings is 6. The van der Waals surface area contributed by atoms with Crippen LogP contribution in [0.25, 0.3) is 65.1 Å². The number of thiazole rings is 3. The van der Waals surface area contributed by atoms with Crippen LogP contribution in [0.2, 0.25) is 0 Å². The number of piperidine rings is 3. The Balaban J connectivity index is 0.000000132. The molecule has 6 aliphatic heterocycles. The number of carbonyl (C=O) groups is 6. The van der Waals surface area contributed by atoms with Gasteiger partial charge in [0.1, 0.15) is 29.8 Å². The van der Waals surface area contributed by atoms with Gasteiger partial charge in [-0.2, -0.15) is 0 Å². The van der Waals surface area contributed by atoms with Crippen LogP contribution in [-0.2, 0) is 28.4 Å². The monoisotopic (exact) mass is 1950 g/mol. The minimum absolute atomic E-state index is 0.00207. The predicted octanol–water partition coefficient (Wildman–Crippen LogP) is 16.7. The van der Waals surface area contributed by atoms with Gasteiger partial charge >= 0.3 is 18.5 Å². The van der Waals surface area contributed by atoms with Crippen molar-refractivity contribution in [3.63, 3.8) is 0 Å². The molecule has 9 atom stereocenters. The summed E-state index contributed by atoms with van der Waals surface area (Å²) in [6.45, 7) is 1.42. The van der Waals surface area contributed by atoms with Gasteiger partial charge in [0.2, 0.25) is 59.8 Å². The zero-order valence-electron chi connectivity index (χ0n) is 72.8. The number of hydrogen-bond acceptors (Lipinski definition) is 27. The molecule has 3 amide bonds. The second-order valence-corrected chi connectivity index (χ2v) is 36.3. The minimum Gasteiger partial charge on any atom is -0.451 e. The maximum atomic E-state index is 15.9. The van der Waals surface area contributed by atoms with Gasteiger partial charge in [-0.3, -0.25) is 57.8 Å². The summed E-state index contributed by atoms with van der Waals surface area (Å²) in [5, 5.41) is 5.03. The Morgan fingerprint density at radius 3 is 1.04 bits per heavy atom. The molecule has 6 aromatic heterocycles. The van der Waals surface area contributed by atoms with Gasteiger partial charge in [0.05, 0.1) is 87.7 Å². The third-order valence-electron chi connectivity index (χ3n) is 25.7. The van der Waals surface area contributed by atoms with Crippen LogP contribution in [0.3, 0.4) is 0 Å². The Morgan fingerprint density at radius 1 is 0.423 bits per heavy atom. The molecule has 0 saturated carbocycles. The molecule has 9 aliphatic rings.